The van der Waals surface area contributed by atoms with E-state index in [0.717, 1.165) is 11.3 Å². The zero-order chi connectivity index (χ0) is 18.3. The second-order valence-corrected chi connectivity index (χ2v) is 7.60. The Labute approximate surface area is 150 Å². The molecule has 0 radical (unpaired) electrons. The van der Waals surface area contributed by atoms with Gasteiger partial charge in [-0.25, -0.2) is 14.9 Å². The van der Waals surface area contributed by atoms with Crippen molar-refractivity contribution < 1.29 is 18.3 Å². The molecule has 0 saturated heterocycles. The van der Waals surface area contributed by atoms with Crippen LogP contribution >= 0.6 is 11.3 Å². The number of nitrogens with two attached hydrogens (primary N) is 1. The average molecular weight is 384 g/mol. The van der Waals surface area contributed by atoms with Crippen LogP contribution in [0.25, 0.3) is 11.3 Å². The van der Waals surface area contributed by atoms with Crippen LogP contribution in [0.15, 0.2) is 35.7 Å². The monoisotopic (exact) mass is 384 g/mol. The number of amides is 1. The highest BCUT2D eigenvalue weighted by molar-refractivity contribution is 7.87. The molecule has 136 valence electrons. The van der Waals surface area contributed by atoms with Crippen molar-refractivity contribution in [3.63, 3.8) is 0 Å². The standard InChI is InChI=1S/C15H20N4O4S2/c16-25(22,23)19-12(8-4-5-9-17-15(20)21)14-18-13(10-24-14)11-6-2-1-3-7-11/h1-3,6-7,10,12,17,19H,4-5,8-9H2,(H,20,21)(H2,16,22,23). The number of thiazole rings is 1. The minimum absolute atomic E-state index is 0.310. The summed E-state index contributed by atoms with van der Waals surface area (Å²) in [6.45, 7) is 0.310. The first-order valence-corrected chi connectivity index (χ1v) is 10.1. The Morgan fingerprint density at radius 1 is 1.28 bits per heavy atom. The van der Waals surface area contributed by atoms with Crippen LogP contribution < -0.4 is 15.2 Å². The second-order valence-electron chi connectivity index (χ2n) is 5.38. The van der Waals surface area contributed by atoms with Gasteiger partial charge in [0.05, 0.1) is 11.7 Å². The minimum Gasteiger partial charge on any atom is -0.465 e. The fraction of sp³-hybridized carbons (Fsp3) is 0.333. The summed E-state index contributed by atoms with van der Waals surface area (Å²) in [5, 5.41) is 18.4. The van der Waals surface area contributed by atoms with E-state index in [0.29, 0.717) is 30.8 Å². The molecule has 10 heteroatoms. The van der Waals surface area contributed by atoms with E-state index in [2.05, 4.69) is 15.0 Å². The highest BCUT2D eigenvalue weighted by atomic mass is 32.2. The number of nitrogens with zero attached hydrogens (tertiary/aromatic N) is 1. The maximum atomic E-state index is 11.4. The van der Waals surface area contributed by atoms with Crippen LogP contribution in [0.5, 0.6) is 0 Å². The number of carbonyl (C=O) groups is 1. The molecule has 8 nitrogen and oxygen atoms in total. The third kappa shape index (κ3) is 6.78. The van der Waals surface area contributed by atoms with Crippen molar-refractivity contribution >= 4 is 27.6 Å². The number of carboxylic acid groups (broad SMARTS) is 1. The van der Waals surface area contributed by atoms with Gasteiger partial charge in [0.25, 0.3) is 10.2 Å². The van der Waals surface area contributed by atoms with Gasteiger partial charge in [0, 0.05) is 17.5 Å². The van der Waals surface area contributed by atoms with Crippen molar-refractivity contribution in [2.24, 2.45) is 5.14 Å². The maximum Gasteiger partial charge on any atom is 0.404 e. The predicted octanol–water partition coefficient (Wildman–Crippen LogP) is 2.08. The Balaban J connectivity index is 2.05. The van der Waals surface area contributed by atoms with E-state index < -0.39 is 22.3 Å². The van der Waals surface area contributed by atoms with Gasteiger partial charge in [0.2, 0.25) is 0 Å². The molecule has 1 aromatic carbocycles. The van der Waals surface area contributed by atoms with E-state index in [1.165, 1.54) is 11.3 Å². The highest BCUT2D eigenvalue weighted by Crippen LogP contribution is 2.28. The molecule has 0 aliphatic rings. The van der Waals surface area contributed by atoms with Crippen molar-refractivity contribution in [2.45, 2.75) is 25.3 Å². The third-order valence-corrected chi connectivity index (χ3v) is 4.96. The van der Waals surface area contributed by atoms with Crippen LogP contribution in [-0.2, 0) is 10.2 Å². The number of unbranched alkanes of at least 4 members (excludes halogenated alkanes) is 1. The molecule has 0 aliphatic carbocycles. The van der Waals surface area contributed by atoms with Crippen LogP contribution in [-0.4, -0.2) is 31.1 Å². The summed E-state index contributed by atoms with van der Waals surface area (Å²) in [7, 11) is -3.88. The summed E-state index contributed by atoms with van der Waals surface area (Å²) >= 11 is 1.36. The van der Waals surface area contributed by atoms with E-state index in [1.54, 1.807) is 0 Å². The summed E-state index contributed by atoms with van der Waals surface area (Å²) in [6, 6.07) is 9.04. The molecule has 0 aliphatic heterocycles. The fourth-order valence-corrected chi connectivity index (χ4v) is 3.90. The quantitative estimate of drug-likeness (QED) is 0.491. The molecule has 1 aromatic heterocycles. The lowest BCUT2D eigenvalue weighted by Crippen LogP contribution is -2.34. The lowest BCUT2D eigenvalue weighted by molar-refractivity contribution is 0.194. The molecule has 0 saturated carbocycles. The van der Waals surface area contributed by atoms with Gasteiger partial charge in [0.15, 0.2) is 0 Å². The van der Waals surface area contributed by atoms with Crippen LogP contribution in [0.4, 0.5) is 4.79 Å². The fourth-order valence-electron chi connectivity index (χ4n) is 2.29. The van der Waals surface area contributed by atoms with Gasteiger partial charge < -0.3 is 10.4 Å². The van der Waals surface area contributed by atoms with Gasteiger partial charge in [-0.2, -0.15) is 13.1 Å². The first kappa shape index (κ1) is 19.3. The molecule has 0 spiro atoms. The van der Waals surface area contributed by atoms with Crippen LogP contribution in [0.2, 0.25) is 0 Å². The zero-order valence-corrected chi connectivity index (χ0v) is 15.0. The molecule has 0 fully saturated rings. The van der Waals surface area contributed by atoms with Crippen molar-refractivity contribution in [2.75, 3.05) is 6.54 Å². The first-order valence-electron chi connectivity index (χ1n) is 7.63. The zero-order valence-electron chi connectivity index (χ0n) is 13.4. The lowest BCUT2D eigenvalue weighted by Gasteiger charge is -2.14. The SMILES string of the molecule is NS(=O)(=O)NC(CCCCNC(=O)O)c1nc(-c2ccccc2)cs1. The molecule has 5 N–H and O–H groups in total. The molecule has 0 bridgehead atoms. The smallest absolute Gasteiger partial charge is 0.404 e. The summed E-state index contributed by atoms with van der Waals surface area (Å²) in [5.74, 6) is 0. The Morgan fingerprint density at radius 2 is 2.00 bits per heavy atom. The minimum atomic E-state index is -3.88. The highest BCUT2D eigenvalue weighted by Gasteiger charge is 2.20. The van der Waals surface area contributed by atoms with E-state index in [4.69, 9.17) is 10.2 Å². The predicted molar refractivity (Wildman–Crippen MR) is 96.4 cm³/mol. The number of hydrogen-bond acceptors (Lipinski definition) is 5. The molecule has 2 rings (SSSR count). The van der Waals surface area contributed by atoms with Gasteiger partial charge in [-0.15, -0.1) is 11.3 Å². The van der Waals surface area contributed by atoms with Crippen molar-refractivity contribution in [1.29, 1.82) is 0 Å². The van der Waals surface area contributed by atoms with Gasteiger partial charge in [-0.05, 0) is 19.3 Å². The van der Waals surface area contributed by atoms with E-state index in [9.17, 15) is 13.2 Å². The Kier molecular flexibility index (Phi) is 6.88. The van der Waals surface area contributed by atoms with Gasteiger partial charge in [-0.3, -0.25) is 0 Å². The van der Waals surface area contributed by atoms with Gasteiger partial charge in [0.1, 0.15) is 5.01 Å². The van der Waals surface area contributed by atoms with Gasteiger partial charge in [-0.1, -0.05) is 30.3 Å². The van der Waals surface area contributed by atoms with E-state index in [1.807, 2.05) is 35.7 Å². The normalized spacial score (nSPS) is 12.7. The Morgan fingerprint density at radius 3 is 2.64 bits per heavy atom. The largest absolute Gasteiger partial charge is 0.465 e. The molecule has 1 unspecified atom stereocenters. The lowest BCUT2D eigenvalue weighted by atomic mass is 10.1. The molecule has 25 heavy (non-hydrogen) atoms. The molecule has 1 amide bonds. The Bertz CT molecular complexity index is 793. The average Bonchev–Trinajstić information content (AvgIpc) is 3.03. The third-order valence-electron chi connectivity index (χ3n) is 3.39. The number of rotatable bonds is 9. The Hall–Kier alpha value is -2.01. The van der Waals surface area contributed by atoms with E-state index >= 15 is 0 Å². The topological polar surface area (TPSA) is 134 Å². The van der Waals surface area contributed by atoms with E-state index in [-0.39, 0.29) is 0 Å². The molecule has 1 heterocycles. The number of aromatic nitrogens is 1. The summed E-state index contributed by atoms with van der Waals surface area (Å²) in [6.07, 6.45) is 0.603. The summed E-state index contributed by atoms with van der Waals surface area (Å²) < 4.78 is 25.2. The molecular weight excluding hydrogens is 364 g/mol. The molecular formula is C15H20N4O4S2. The summed E-state index contributed by atoms with van der Waals surface area (Å²) in [4.78, 5) is 14.9. The number of benzene rings is 1. The molecule has 1 atom stereocenters. The summed E-state index contributed by atoms with van der Waals surface area (Å²) in [5.41, 5.74) is 1.72. The van der Waals surface area contributed by atoms with Crippen LogP contribution in [0.1, 0.15) is 30.3 Å². The second kappa shape index (κ2) is 8.90. The first-order chi connectivity index (χ1) is 11.8. The van der Waals surface area contributed by atoms with Gasteiger partial charge >= 0.3 is 6.09 Å². The van der Waals surface area contributed by atoms with Crippen molar-refractivity contribution in [3.8, 4) is 11.3 Å². The van der Waals surface area contributed by atoms with Crippen molar-refractivity contribution in [1.82, 2.24) is 15.0 Å². The molecule has 2 aromatic rings. The van der Waals surface area contributed by atoms with Crippen LogP contribution in [0.3, 0.4) is 0 Å². The number of hydrogen-bond donors (Lipinski definition) is 4. The van der Waals surface area contributed by atoms with Crippen molar-refractivity contribution in [3.05, 3.63) is 40.7 Å². The maximum absolute atomic E-state index is 11.4. The number of nitrogens with one attached hydrogen (secondary N) is 2. The van der Waals surface area contributed by atoms with Crippen LogP contribution in [0, 0.1) is 0 Å².